The molecule has 0 aliphatic carbocycles. The largest absolute Gasteiger partial charge is 0.504 e. The highest BCUT2D eigenvalue weighted by Gasteiger charge is 1.94. The fourth-order valence-electron chi connectivity index (χ4n) is 1.46. The summed E-state index contributed by atoms with van der Waals surface area (Å²) in [7, 11) is 0. The Kier molecular flexibility index (Phi) is 5.40. The Hall–Kier alpha value is -1.51. The lowest BCUT2D eigenvalue weighted by molar-refractivity contribution is 0.471. The summed E-state index contributed by atoms with van der Waals surface area (Å²) in [6.07, 6.45) is 4.84. The maximum Gasteiger partial charge on any atom is 0.220 e. The standard InChI is InChI=1S/C13H19NO2/c1-2-3-4-5-10-14-11-6-8-12(15)13(16)9-7-11/h6-9,14H,2-5,10H2,1H3,(H,15,16). The second-order valence-electron chi connectivity index (χ2n) is 3.86. The van der Waals surface area contributed by atoms with Gasteiger partial charge in [0.2, 0.25) is 5.43 Å². The van der Waals surface area contributed by atoms with Gasteiger partial charge in [-0.1, -0.05) is 26.2 Å². The second kappa shape index (κ2) is 6.88. The van der Waals surface area contributed by atoms with Crippen molar-refractivity contribution in [2.45, 2.75) is 32.6 Å². The third-order valence-electron chi connectivity index (χ3n) is 2.45. The van der Waals surface area contributed by atoms with Crippen LogP contribution in [0.5, 0.6) is 5.75 Å². The third-order valence-corrected chi connectivity index (χ3v) is 2.45. The lowest BCUT2D eigenvalue weighted by atomic mass is 10.2. The van der Waals surface area contributed by atoms with Gasteiger partial charge in [-0.05, 0) is 30.7 Å². The summed E-state index contributed by atoms with van der Waals surface area (Å²) in [5.41, 5.74) is 0.521. The first-order valence-corrected chi connectivity index (χ1v) is 5.81. The van der Waals surface area contributed by atoms with E-state index in [1.165, 1.54) is 31.4 Å². The minimum absolute atomic E-state index is 0.209. The first-order chi connectivity index (χ1) is 7.74. The van der Waals surface area contributed by atoms with Gasteiger partial charge in [-0.25, -0.2) is 0 Å². The van der Waals surface area contributed by atoms with Gasteiger partial charge in [0, 0.05) is 12.2 Å². The lowest BCUT2D eigenvalue weighted by Gasteiger charge is -2.03. The van der Waals surface area contributed by atoms with Crippen LogP contribution in [0.4, 0.5) is 5.69 Å². The highest BCUT2D eigenvalue weighted by atomic mass is 16.3. The van der Waals surface area contributed by atoms with Crippen molar-refractivity contribution in [2.24, 2.45) is 0 Å². The van der Waals surface area contributed by atoms with Crippen molar-refractivity contribution < 1.29 is 5.11 Å². The van der Waals surface area contributed by atoms with Crippen molar-refractivity contribution >= 4 is 5.69 Å². The maximum atomic E-state index is 11.1. The van der Waals surface area contributed by atoms with E-state index in [0.717, 1.165) is 18.7 Å². The van der Waals surface area contributed by atoms with Crippen molar-refractivity contribution in [2.75, 3.05) is 11.9 Å². The Balaban J connectivity index is 2.43. The van der Waals surface area contributed by atoms with Gasteiger partial charge in [-0.15, -0.1) is 0 Å². The van der Waals surface area contributed by atoms with Crippen molar-refractivity contribution in [1.82, 2.24) is 0 Å². The van der Waals surface area contributed by atoms with Gasteiger partial charge in [0.15, 0.2) is 5.75 Å². The molecule has 0 spiro atoms. The average molecular weight is 221 g/mol. The molecule has 3 heteroatoms. The number of rotatable bonds is 6. The zero-order chi connectivity index (χ0) is 11.8. The van der Waals surface area contributed by atoms with E-state index >= 15 is 0 Å². The topological polar surface area (TPSA) is 49.3 Å². The molecule has 16 heavy (non-hydrogen) atoms. The molecule has 1 aromatic carbocycles. The number of anilines is 1. The molecule has 0 bridgehead atoms. The summed E-state index contributed by atoms with van der Waals surface area (Å²) >= 11 is 0. The van der Waals surface area contributed by atoms with Gasteiger partial charge in [0.1, 0.15) is 0 Å². The van der Waals surface area contributed by atoms with Gasteiger partial charge in [0.05, 0.1) is 0 Å². The van der Waals surface area contributed by atoms with Crippen LogP contribution in [0.1, 0.15) is 32.6 Å². The Labute approximate surface area is 96.1 Å². The van der Waals surface area contributed by atoms with Crippen LogP contribution in [-0.2, 0) is 0 Å². The summed E-state index contributed by atoms with van der Waals surface area (Å²) in [4.78, 5) is 11.1. The van der Waals surface area contributed by atoms with E-state index in [4.69, 9.17) is 0 Å². The molecule has 2 N–H and O–H groups in total. The molecule has 88 valence electrons. The number of aromatic hydroxyl groups is 1. The molecule has 0 radical (unpaired) electrons. The molecular formula is C13H19NO2. The zero-order valence-corrected chi connectivity index (χ0v) is 9.70. The van der Waals surface area contributed by atoms with Crippen LogP contribution >= 0.6 is 0 Å². The summed E-state index contributed by atoms with van der Waals surface area (Å²) in [5, 5.41) is 12.4. The molecule has 0 aliphatic heterocycles. The quantitative estimate of drug-likeness (QED) is 0.726. The van der Waals surface area contributed by atoms with Crippen molar-refractivity contribution in [1.29, 1.82) is 0 Å². The van der Waals surface area contributed by atoms with E-state index in [1.54, 1.807) is 12.1 Å². The maximum absolute atomic E-state index is 11.1. The molecular weight excluding hydrogens is 202 g/mol. The van der Waals surface area contributed by atoms with E-state index in [1.807, 2.05) is 0 Å². The van der Waals surface area contributed by atoms with Crippen molar-refractivity contribution in [3.05, 3.63) is 34.5 Å². The molecule has 0 fully saturated rings. The van der Waals surface area contributed by atoms with Gasteiger partial charge in [-0.2, -0.15) is 0 Å². The molecule has 0 unspecified atom stereocenters. The molecule has 0 saturated heterocycles. The van der Waals surface area contributed by atoms with Gasteiger partial charge in [-0.3, -0.25) is 4.79 Å². The summed E-state index contributed by atoms with van der Waals surface area (Å²) < 4.78 is 0. The molecule has 0 aliphatic rings. The average Bonchev–Trinajstić information content (AvgIpc) is 2.44. The van der Waals surface area contributed by atoms with Crippen LogP contribution in [-0.4, -0.2) is 11.7 Å². The SMILES string of the molecule is CCCCCCNc1ccc(O)c(=O)cc1. The van der Waals surface area contributed by atoms with Gasteiger partial charge >= 0.3 is 0 Å². The number of nitrogens with one attached hydrogen (secondary N) is 1. The van der Waals surface area contributed by atoms with E-state index in [2.05, 4.69) is 12.2 Å². The van der Waals surface area contributed by atoms with E-state index in [0.29, 0.717) is 0 Å². The first-order valence-electron chi connectivity index (χ1n) is 5.81. The van der Waals surface area contributed by atoms with E-state index in [-0.39, 0.29) is 11.2 Å². The molecule has 0 saturated carbocycles. The van der Waals surface area contributed by atoms with Crippen molar-refractivity contribution in [3.8, 4) is 5.75 Å². The summed E-state index contributed by atoms with van der Waals surface area (Å²) in [6.45, 7) is 3.09. The third kappa shape index (κ3) is 4.34. The summed E-state index contributed by atoms with van der Waals surface area (Å²) in [5.74, 6) is -0.209. The van der Waals surface area contributed by atoms with Crippen LogP contribution in [0, 0.1) is 0 Å². The highest BCUT2D eigenvalue weighted by Crippen LogP contribution is 2.07. The normalized spacial score (nSPS) is 10.1. The molecule has 0 amide bonds. The summed E-state index contributed by atoms with van der Waals surface area (Å²) in [6, 6.07) is 6.22. The Morgan fingerprint density at radius 2 is 1.88 bits per heavy atom. The molecule has 1 aromatic rings. The fourth-order valence-corrected chi connectivity index (χ4v) is 1.46. The molecule has 1 rings (SSSR count). The highest BCUT2D eigenvalue weighted by molar-refractivity contribution is 5.43. The second-order valence-corrected chi connectivity index (χ2v) is 3.86. The van der Waals surface area contributed by atoms with Crippen molar-refractivity contribution in [3.63, 3.8) is 0 Å². The zero-order valence-electron chi connectivity index (χ0n) is 9.70. The smallest absolute Gasteiger partial charge is 0.220 e. The fraction of sp³-hybridized carbons (Fsp3) is 0.462. The van der Waals surface area contributed by atoms with Crippen LogP contribution < -0.4 is 10.7 Å². The Bertz CT molecular complexity index is 377. The van der Waals surface area contributed by atoms with Crippen LogP contribution in [0.3, 0.4) is 0 Å². The Morgan fingerprint density at radius 1 is 1.12 bits per heavy atom. The minimum Gasteiger partial charge on any atom is -0.504 e. The molecule has 0 aromatic heterocycles. The van der Waals surface area contributed by atoms with Gasteiger partial charge in [0.25, 0.3) is 0 Å². The van der Waals surface area contributed by atoms with Crippen LogP contribution in [0.2, 0.25) is 0 Å². The monoisotopic (exact) mass is 221 g/mol. The molecule has 3 nitrogen and oxygen atoms in total. The van der Waals surface area contributed by atoms with Gasteiger partial charge < -0.3 is 10.4 Å². The molecule has 0 atom stereocenters. The molecule has 0 heterocycles. The number of hydrogen-bond acceptors (Lipinski definition) is 3. The number of hydrogen-bond donors (Lipinski definition) is 2. The first kappa shape index (κ1) is 12.6. The predicted octanol–water partition coefficient (Wildman–Crippen LogP) is 2.74. The number of unbranched alkanes of at least 4 members (excludes halogenated alkanes) is 3. The van der Waals surface area contributed by atoms with Crippen LogP contribution in [0.25, 0.3) is 0 Å². The van der Waals surface area contributed by atoms with E-state index < -0.39 is 0 Å². The Morgan fingerprint density at radius 3 is 2.62 bits per heavy atom. The minimum atomic E-state index is -0.348. The predicted molar refractivity (Wildman–Crippen MR) is 67.0 cm³/mol. The van der Waals surface area contributed by atoms with Crippen LogP contribution in [0.15, 0.2) is 29.1 Å². The lowest BCUT2D eigenvalue weighted by Crippen LogP contribution is -2.00. The van der Waals surface area contributed by atoms with E-state index in [9.17, 15) is 9.90 Å².